The maximum absolute atomic E-state index is 9.81. The zero-order chi connectivity index (χ0) is 6.57. The molecule has 8 heavy (non-hydrogen) atoms. The van der Waals surface area contributed by atoms with E-state index in [1.807, 2.05) is 0 Å². The Morgan fingerprint density at radius 1 is 1.88 bits per heavy atom. The Kier molecular flexibility index (Phi) is 3.26. The summed E-state index contributed by atoms with van der Waals surface area (Å²) in [5.41, 5.74) is 0. The van der Waals surface area contributed by atoms with Gasteiger partial charge < -0.3 is 0 Å². The minimum atomic E-state index is -0.521. The van der Waals surface area contributed by atoms with Crippen LogP contribution < -0.4 is 0 Å². The third-order valence-corrected chi connectivity index (χ3v) is 1.01. The average Bonchev–Trinajstić information content (AvgIpc) is 1.69. The molecule has 0 aromatic rings. The van der Waals surface area contributed by atoms with Crippen molar-refractivity contribution in [2.45, 2.75) is 6.92 Å². The monoisotopic (exact) mass is 138 g/mol. The van der Waals surface area contributed by atoms with Crippen LogP contribution in [0.3, 0.4) is 0 Å². The molecule has 0 fully saturated rings. The summed E-state index contributed by atoms with van der Waals surface area (Å²) in [4.78, 5) is 9.81. The lowest BCUT2D eigenvalue weighted by Gasteiger charge is -2.05. The Balaban J connectivity index is 3.52. The highest BCUT2D eigenvalue weighted by Crippen LogP contribution is 1.88. The van der Waals surface area contributed by atoms with Crippen molar-refractivity contribution in [2.75, 3.05) is 12.5 Å². The van der Waals surface area contributed by atoms with Gasteiger partial charge in [0.15, 0.2) is 11.0 Å². The van der Waals surface area contributed by atoms with E-state index in [2.05, 4.69) is 0 Å². The van der Waals surface area contributed by atoms with E-state index in [1.54, 1.807) is 6.92 Å². The van der Waals surface area contributed by atoms with E-state index >= 15 is 0 Å². The predicted octanol–water partition coefficient (Wildman–Crippen LogP) is 0.696. The van der Waals surface area contributed by atoms with Gasteiger partial charge in [0.25, 0.3) is 0 Å². The van der Waals surface area contributed by atoms with E-state index in [-0.39, 0.29) is 6.00 Å². The SMILES string of the molecule is CCN(CCl)[N+](=O)[O-]. The molecule has 4 nitrogen and oxygen atoms in total. The zero-order valence-electron chi connectivity index (χ0n) is 4.50. The lowest BCUT2D eigenvalue weighted by Crippen LogP contribution is -2.27. The van der Waals surface area contributed by atoms with E-state index in [9.17, 15) is 10.1 Å². The summed E-state index contributed by atoms with van der Waals surface area (Å²) >= 11 is 5.15. The molecule has 0 unspecified atom stereocenters. The summed E-state index contributed by atoms with van der Waals surface area (Å²) in [7, 11) is 0. The van der Waals surface area contributed by atoms with Crippen LogP contribution in [0.5, 0.6) is 0 Å². The highest BCUT2D eigenvalue weighted by atomic mass is 35.5. The summed E-state index contributed by atoms with van der Waals surface area (Å²) in [5, 5.41) is 10.2. The van der Waals surface area contributed by atoms with Crippen LogP contribution in [-0.4, -0.2) is 22.6 Å². The van der Waals surface area contributed by atoms with E-state index < -0.39 is 5.03 Å². The van der Waals surface area contributed by atoms with Gasteiger partial charge in [-0.15, -0.1) is 5.01 Å². The van der Waals surface area contributed by atoms with Gasteiger partial charge in [-0.2, -0.15) is 0 Å². The molecule has 0 atom stereocenters. The van der Waals surface area contributed by atoms with Gasteiger partial charge in [-0.1, -0.05) is 11.6 Å². The highest BCUT2D eigenvalue weighted by Gasteiger charge is 2.06. The smallest absolute Gasteiger partial charge is 0.161 e. The first-order valence-electron chi connectivity index (χ1n) is 2.17. The van der Waals surface area contributed by atoms with Crippen LogP contribution in [0.4, 0.5) is 0 Å². The van der Waals surface area contributed by atoms with Crippen LogP contribution in [0.1, 0.15) is 6.92 Å². The lowest BCUT2D eigenvalue weighted by molar-refractivity contribution is -0.650. The lowest BCUT2D eigenvalue weighted by atomic mass is 10.7. The van der Waals surface area contributed by atoms with Crippen LogP contribution >= 0.6 is 11.6 Å². The molecule has 0 heterocycles. The number of hydrazine groups is 1. The van der Waals surface area contributed by atoms with Gasteiger partial charge in [0.2, 0.25) is 0 Å². The number of nitro groups is 1. The van der Waals surface area contributed by atoms with Crippen LogP contribution in [0.15, 0.2) is 0 Å². The molecule has 0 aliphatic carbocycles. The van der Waals surface area contributed by atoms with Crippen molar-refractivity contribution in [3.63, 3.8) is 0 Å². The van der Waals surface area contributed by atoms with Gasteiger partial charge in [-0.05, 0) is 6.92 Å². The third-order valence-electron chi connectivity index (χ3n) is 0.734. The Hall–Kier alpha value is -0.510. The van der Waals surface area contributed by atoms with Crippen LogP contribution in [0, 0.1) is 10.1 Å². The van der Waals surface area contributed by atoms with Crippen molar-refractivity contribution in [3.8, 4) is 0 Å². The molecule has 0 aliphatic rings. The molecule has 5 heteroatoms. The minimum Gasteiger partial charge on any atom is -0.235 e. The van der Waals surface area contributed by atoms with Crippen LogP contribution in [0.2, 0.25) is 0 Å². The molecule has 0 N–H and O–H groups in total. The summed E-state index contributed by atoms with van der Waals surface area (Å²) in [6, 6.07) is -0.0521. The van der Waals surface area contributed by atoms with Crippen molar-refractivity contribution < 1.29 is 5.03 Å². The van der Waals surface area contributed by atoms with Crippen molar-refractivity contribution in [2.24, 2.45) is 0 Å². The van der Waals surface area contributed by atoms with Crippen molar-refractivity contribution in [3.05, 3.63) is 10.1 Å². The first-order valence-corrected chi connectivity index (χ1v) is 2.71. The second-order valence-corrected chi connectivity index (χ2v) is 1.42. The number of rotatable bonds is 3. The fourth-order valence-electron chi connectivity index (χ4n) is 0.244. The Bertz CT molecular complexity index is 83.4. The second-order valence-electron chi connectivity index (χ2n) is 1.18. The number of hydrogen-bond acceptors (Lipinski definition) is 2. The zero-order valence-corrected chi connectivity index (χ0v) is 5.26. The van der Waals surface area contributed by atoms with Crippen LogP contribution in [-0.2, 0) is 0 Å². The molecule has 0 aliphatic heterocycles. The second kappa shape index (κ2) is 3.49. The number of hydrogen-bond donors (Lipinski definition) is 0. The molecule has 0 aromatic carbocycles. The first-order chi connectivity index (χ1) is 3.72. The molecule has 0 saturated heterocycles. The number of nitrogens with zero attached hydrogens (tertiary/aromatic N) is 2. The molecule has 0 amide bonds. The fraction of sp³-hybridized carbons (Fsp3) is 1.00. The third kappa shape index (κ3) is 1.97. The molecule has 0 spiro atoms. The van der Waals surface area contributed by atoms with E-state index in [0.29, 0.717) is 6.54 Å². The fourth-order valence-corrected chi connectivity index (χ4v) is 0.500. The Morgan fingerprint density at radius 3 is 2.38 bits per heavy atom. The van der Waals surface area contributed by atoms with E-state index in [1.165, 1.54) is 0 Å². The largest absolute Gasteiger partial charge is 0.235 e. The van der Waals surface area contributed by atoms with E-state index in [0.717, 1.165) is 5.01 Å². The summed E-state index contributed by atoms with van der Waals surface area (Å²) in [6.45, 7) is 2.02. The summed E-state index contributed by atoms with van der Waals surface area (Å²) in [5.74, 6) is 0. The molecule has 0 radical (unpaired) electrons. The van der Waals surface area contributed by atoms with Crippen molar-refractivity contribution >= 4 is 11.6 Å². The van der Waals surface area contributed by atoms with E-state index in [4.69, 9.17) is 11.6 Å². The van der Waals surface area contributed by atoms with Crippen LogP contribution in [0.25, 0.3) is 0 Å². The molecule has 0 bridgehead atoms. The quantitative estimate of drug-likeness (QED) is 0.250. The number of halogens is 1. The predicted molar refractivity (Wildman–Crippen MR) is 30.1 cm³/mol. The standard InChI is InChI=1S/C3H7ClN2O2/c1-2-5(3-4)6(7)8/h2-3H2,1H3. The Morgan fingerprint density at radius 2 is 2.38 bits per heavy atom. The van der Waals surface area contributed by atoms with Gasteiger partial charge in [0, 0.05) is 0 Å². The van der Waals surface area contributed by atoms with Gasteiger partial charge >= 0.3 is 0 Å². The molecule has 0 aromatic heterocycles. The molecule has 48 valence electrons. The van der Waals surface area contributed by atoms with Gasteiger partial charge in [0.1, 0.15) is 0 Å². The maximum atomic E-state index is 9.81. The maximum Gasteiger partial charge on any atom is 0.161 e. The number of alkyl halides is 1. The first kappa shape index (κ1) is 7.49. The van der Waals surface area contributed by atoms with Crippen molar-refractivity contribution in [1.29, 1.82) is 0 Å². The average molecular weight is 139 g/mol. The Labute approximate surface area is 52.2 Å². The highest BCUT2D eigenvalue weighted by molar-refractivity contribution is 6.17. The van der Waals surface area contributed by atoms with Crippen molar-refractivity contribution in [1.82, 2.24) is 5.01 Å². The molecule has 0 rings (SSSR count). The minimum absolute atomic E-state index is 0.0521. The molecule has 0 saturated carbocycles. The normalized spacial score (nSPS) is 8.75. The summed E-state index contributed by atoms with van der Waals surface area (Å²) in [6.07, 6.45) is 0. The topological polar surface area (TPSA) is 46.4 Å². The molecular weight excluding hydrogens is 131 g/mol. The van der Waals surface area contributed by atoms with Gasteiger partial charge in [-0.3, -0.25) is 0 Å². The van der Waals surface area contributed by atoms with Gasteiger partial charge in [0.05, 0.1) is 6.54 Å². The van der Waals surface area contributed by atoms with Gasteiger partial charge in [-0.25, -0.2) is 10.1 Å². The summed E-state index contributed by atoms with van der Waals surface area (Å²) < 4.78 is 0. The molecular formula is C3H7ClN2O2.